The van der Waals surface area contributed by atoms with Crippen LogP contribution in [0.2, 0.25) is 0 Å². The third kappa shape index (κ3) is 6.31. The van der Waals surface area contributed by atoms with Crippen LogP contribution >= 0.6 is 0 Å². The summed E-state index contributed by atoms with van der Waals surface area (Å²) in [5.74, 6) is -1.83. The van der Waals surface area contributed by atoms with Gasteiger partial charge in [-0.05, 0) is 58.3 Å². The van der Waals surface area contributed by atoms with Crippen LogP contribution in [0.4, 0.5) is 19.0 Å². The summed E-state index contributed by atoms with van der Waals surface area (Å²) < 4.78 is 33.6. The van der Waals surface area contributed by atoms with Crippen molar-refractivity contribution in [3.8, 4) is 5.69 Å². The molecule has 10 heteroatoms. The van der Waals surface area contributed by atoms with Crippen molar-refractivity contribution in [2.75, 3.05) is 18.4 Å². The normalized spacial score (nSPS) is 14.6. The number of carboxylic acid groups (broad SMARTS) is 1. The van der Waals surface area contributed by atoms with Crippen LogP contribution < -0.4 is 10.6 Å². The summed E-state index contributed by atoms with van der Waals surface area (Å²) in [4.78, 5) is 21.4. The number of aromatic nitrogens is 2. The summed E-state index contributed by atoms with van der Waals surface area (Å²) >= 11 is 0. The van der Waals surface area contributed by atoms with E-state index >= 15 is 0 Å². The molecule has 164 valence electrons. The maximum absolute atomic E-state index is 12.5. The maximum Gasteiger partial charge on any atom is 0.490 e. The largest absolute Gasteiger partial charge is 0.490 e. The Hall–Kier alpha value is -2.88. The minimum absolute atomic E-state index is 0.0824. The Bertz CT molecular complexity index is 903. The van der Waals surface area contributed by atoms with Gasteiger partial charge in [0.2, 0.25) is 5.91 Å². The van der Waals surface area contributed by atoms with E-state index in [2.05, 4.69) is 47.8 Å². The van der Waals surface area contributed by atoms with E-state index in [1.165, 1.54) is 5.56 Å². The summed E-state index contributed by atoms with van der Waals surface area (Å²) in [6, 6.07) is 8.18. The number of anilines is 1. The molecule has 2 aromatic rings. The molecule has 0 atom stereocenters. The zero-order valence-corrected chi connectivity index (χ0v) is 17.0. The summed E-state index contributed by atoms with van der Waals surface area (Å²) in [6.45, 7) is 7.91. The van der Waals surface area contributed by atoms with Crippen molar-refractivity contribution in [2.24, 2.45) is 5.92 Å². The van der Waals surface area contributed by atoms with Crippen LogP contribution in [-0.4, -0.2) is 46.0 Å². The number of piperidine rings is 1. The van der Waals surface area contributed by atoms with E-state index in [4.69, 9.17) is 9.90 Å². The fraction of sp³-hybridized carbons (Fsp3) is 0.450. The summed E-state index contributed by atoms with van der Waals surface area (Å²) in [6.07, 6.45) is -3.30. The van der Waals surface area contributed by atoms with Crippen LogP contribution in [0.1, 0.15) is 29.7 Å². The molecule has 0 saturated carbocycles. The van der Waals surface area contributed by atoms with Crippen LogP contribution in [0, 0.1) is 26.7 Å². The van der Waals surface area contributed by atoms with Gasteiger partial charge in [0.1, 0.15) is 5.82 Å². The molecule has 1 aromatic carbocycles. The Balaban J connectivity index is 0.000000396. The van der Waals surface area contributed by atoms with Gasteiger partial charge in [-0.25, -0.2) is 9.48 Å². The Kier molecular flexibility index (Phi) is 7.60. The number of aliphatic carboxylic acids is 1. The maximum atomic E-state index is 12.5. The topological polar surface area (TPSA) is 96.3 Å². The average Bonchev–Trinajstić information content (AvgIpc) is 3.02. The third-order valence-electron chi connectivity index (χ3n) is 4.62. The van der Waals surface area contributed by atoms with Crippen molar-refractivity contribution in [2.45, 2.75) is 39.8 Å². The molecule has 0 unspecified atom stereocenters. The van der Waals surface area contributed by atoms with Gasteiger partial charge in [0.05, 0.1) is 11.4 Å². The number of benzene rings is 1. The first kappa shape index (κ1) is 23.4. The lowest BCUT2D eigenvalue weighted by Gasteiger charge is -2.22. The van der Waals surface area contributed by atoms with Gasteiger partial charge in [0, 0.05) is 12.0 Å². The quantitative estimate of drug-likeness (QED) is 0.699. The SMILES string of the molecule is Cc1ccc(-n2nc(C)cc2NC(=O)C2CCNCC2)c(C)c1.O=C(O)C(F)(F)F. The number of nitrogens with zero attached hydrogens (tertiary/aromatic N) is 2. The van der Waals surface area contributed by atoms with Gasteiger partial charge >= 0.3 is 12.1 Å². The zero-order valence-electron chi connectivity index (χ0n) is 17.0. The molecule has 2 heterocycles. The van der Waals surface area contributed by atoms with Crippen molar-refractivity contribution in [3.63, 3.8) is 0 Å². The molecule has 1 aliphatic heterocycles. The molecule has 0 spiro atoms. The van der Waals surface area contributed by atoms with Gasteiger partial charge in [-0.1, -0.05) is 17.7 Å². The molecule has 0 radical (unpaired) electrons. The molecule has 1 aliphatic rings. The first-order valence-corrected chi connectivity index (χ1v) is 9.45. The molecule has 1 saturated heterocycles. The van der Waals surface area contributed by atoms with Crippen molar-refractivity contribution in [1.82, 2.24) is 15.1 Å². The first-order chi connectivity index (χ1) is 14.0. The van der Waals surface area contributed by atoms with Gasteiger partial charge in [-0.15, -0.1) is 0 Å². The number of halogens is 3. The van der Waals surface area contributed by atoms with E-state index in [9.17, 15) is 18.0 Å². The number of carboxylic acids is 1. The Morgan fingerprint density at radius 3 is 2.30 bits per heavy atom. The highest BCUT2D eigenvalue weighted by molar-refractivity contribution is 5.92. The lowest BCUT2D eigenvalue weighted by molar-refractivity contribution is -0.192. The number of nitrogens with one attached hydrogen (secondary N) is 2. The first-order valence-electron chi connectivity index (χ1n) is 9.45. The number of rotatable bonds is 3. The fourth-order valence-corrected chi connectivity index (χ4v) is 3.13. The average molecular weight is 426 g/mol. The highest BCUT2D eigenvalue weighted by atomic mass is 19.4. The number of hydrogen-bond acceptors (Lipinski definition) is 4. The highest BCUT2D eigenvalue weighted by Gasteiger charge is 2.38. The second-order valence-corrected chi connectivity index (χ2v) is 7.19. The second kappa shape index (κ2) is 9.75. The molecule has 3 N–H and O–H groups in total. The van der Waals surface area contributed by atoms with Crippen molar-refractivity contribution in [1.29, 1.82) is 0 Å². The number of hydrogen-bond donors (Lipinski definition) is 3. The predicted octanol–water partition coefficient (Wildman–Crippen LogP) is 3.37. The molecule has 3 rings (SSSR count). The Labute approximate surface area is 172 Å². The number of carbonyl (C=O) groups is 2. The smallest absolute Gasteiger partial charge is 0.475 e. The minimum Gasteiger partial charge on any atom is -0.475 e. The minimum atomic E-state index is -5.08. The molecule has 7 nitrogen and oxygen atoms in total. The van der Waals surface area contributed by atoms with Crippen LogP contribution in [0.15, 0.2) is 24.3 Å². The van der Waals surface area contributed by atoms with Crippen LogP contribution in [0.5, 0.6) is 0 Å². The zero-order chi connectivity index (χ0) is 22.5. The van der Waals surface area contributed by atoms with E-state index in [1.54, 1.807) is 0 Å². The molecule has 1 fully saturated rings. The summed E-state index contributed by atoms with van der Waals surface area (Å²) in [5, 5.41) is 18.0. The van der Waals surface area contributed by atoms with Crippen LogP contribution in [-0.2, 0) is 9.59 Å². The van der Waals surface area contributed by atoms with Gasteiger partial charge in [-0.3, -0.25) is 4.79 Å². The van der Waals surface area contributed by atoms with E-state index in [0.717, 1.165) is 48.7 Å². The molecule has 30 heavy (non-hydrogen) atoms. The fourth-order valence-electron chi connectivity index (χ4n) is 3.13. The lowest BCUT2D eigenvalue weighted by atomic mass is 9.97. The number of amides is 1. The predicted molar refractivity (Wildman–Crippen MR) is 106 cm³/mol. The van der Waals surface area contributed by atoms with Crippen LogP contribution in [0.25, 0.3) is 5.69 Å². The van der Waals surface area contributed by atoms with Gasteiger partial charge in [-0.2, -0.15) is 18.3 Å². The second-order valence-electron chi connectivity index (χ2n) is 7.19. The number of alkyl halides is 3. The van der Waals surface area contributed by atoms with E-state index in [0.29, 0.717) is 0 Å². The lowest BCUT2D eigenvalue weighted by Crippen LogP contribution is -2.35. The Morgan fingerprint density at radius 1 is 1.17 bits per heavy atom. The third-order valence-corrected chi connectivity index (χ3v) is 4.62. The van der Waals surface area contributed by atoms with Crippen LogP contribution in [0.3, 0.4) is 0 Å². The van der Waals surface area contributed by atoms with Gasteiger partial charge in [0.25, 0.3) is 0 Å². The molecular formula is C20H25F3N4O3. The standard InChI is InChI=1S/C18H24N4O.C2HF3O2/c1-12-4-5-16(13(2)10-12)22-17(11-14(3)21-22)20-18(23)15-6-8-19-9-7-15;3-2(4,5)1(6)7/h4-5,10-11,15,19H,6-9H2,1-3H3,(H,20,23);(H,6,7). The molecule has 1 amide bonds. The van der Waals surface area contributed by atoms with E-state index in [1.807, 2.05) is 17.7 Å². The van der Waals surface area contributed by atoms with Gasteiger partial charge in [0.15, 0.2) is 0 Å². The molecule has 0 aliphatic carbocycles. The van der Waals surface area contributed by atoms with E-state index in [-0.39, 0.29) is 11.8 Å². The molecule has 1 aromatic heterocycles. The van der Waals surface area contributed by atoms with Crippen molar-refractivity contribution >= 4 is 17.7 Å². The highest BCUT2D eigenvalue weighted by Crippen LogP contribution is 2.23. The number of aryl methyl sites for hydroxylation is 3. The summed E-state index contributed by atoms with van der Waals surface area (Å²) in [7, 11) is 0. The van der Waals surface area contributed by atoms with Crippen molar-refractivity contribution in [3.05, 3.63) is 41.1 Å². The monoisotopic (exact) mass is 426 g/mol. The van der Waals surface area contributed by atoms with E-state index < -0.39 is 12.1 Å². The molecular weight excluding hydrogens is 401 g/mol. The molecule has 0 bridgehead atoms. The number of carbonyl (C=O) groups excluding carboxylic acids is 1. The van der Waals surface area contributed by atoms with Crippen molar-refractivity contribution < 1.29 is 27.9 Å². The summed E-state index contributed by atoms with van der Waals surface area (Å²) in [5.41, 5.74) is 4.26. The Morgan fingerprint density at radius 2 is 1.77 bits per heavy atom. The van der Waals surface area contributed by atoms with Gasteiger partial charge < -0.3 is 15.7 Å².